The highest BCUT2D eigenvalue weighted by Crippen LogP contribution is 2.32. The lowest BCUT2D eigenvalue weighted by Gasteiger charge is -2.24. The zero-order valence-electron chi connectivity index (χ0n) is 17.5. The third-order valence-electron chi connectivity index (χ3n) is 4.59. The van der Waals surface area contributed by atoms with Crippen LogP contribution in [-0.2, 0) is 6.18 Å². The molecule has 0 aromatic heterocycles. The minimum atomic E-state index is -4.65. The number of urea groups is 2. The van der Waals surface area contributed by atoms with E-state index in [0.29, 0.717) is 0 Å². The number of hydrogen-bond donors (Lipinski definition) is 3. The van der Waals surface area contributed by atoms with Crippen LogP contribution in [0.2, 0.25) is 0 Å². The third kappa shape index (κ3) is 6.44. The first kappa shape index (κ1) is 24.5. The molecule has 34 heavy (non-hydrogen) atoms. The first-order chi connectivity index (χ1) is 16.1. The topological polar surface area (TPSA) is 73.5 Å². The van der Waals surface area contributed by atoms with Crippen molar-refractivity contribution >= 4 is 29.1 Å². The van der Waals surface area contributed by atoms with E-state index < -0.39 is 35.4 Å². The maximum absolute atomic E-state index is 14.0. The standard InChI is InChI=1S/C23H19F5N4O2/c24-17-8-1-3-10-19(17)30-21(33)29-12-13-32(16-7-5-6-15(14-16)23(26,27)28)22(34)31-20-11-4-2-9-18(20)25/h1-11,14H,12-13H2,(H,31,34)(H2,29,30,33). The lowest BCUT2D eigenvalue weighted by molar-refractivity contribution is -0.137. The average Bonchev–Trinajstić information content (AvgIpc) is 2.79. The van der Waals surface area contributed by atoms with Gasteiger partial charge < -0.3 is 16.0 Å². The van der Waals surface area contributed by atoms with Crippen LogP contribution in [0.3, 0.4) is 0 Å². The second-order valence-electron chi connectivity index (χ2n) is 6.97. The number of halogens is 5. The molecule has 0 atom stereocenters. The SMILES string of the molecule is O=C(NCCN(C(=O)Nc1ccccc1F)c1cccc(C(F)(F)F)c1)Nc1ccccc1F. The second-order valence-corrected chi connectivity index (χ2v) is 6.97. The molecule has 0 saturated carbocycles. The van der Waals surface area contributed by atoms with Gasteiger partial charge in [0.25, 0.3) is 0 Å². The molecule has 0 bridgehead atoms. The molecule has 3 N–H and O–H groups in total. The van der Waals surface area contributed by atoms with Crippen LogP contribution >= 0.6 is 0 Å². The Bertz CT molecular complexity index is 1170. The Balaban J connectivity index is 1.75. The summed E-state index contributed by atoms with van der Waals surface area (Å²) in [6, 6.07) is 13.0. The van der Waals surface area contributed by atoms with Crippen LogP contribution in [0, 0.1) is 11.6 Å². The van der Waals surface area contributed by atoms with Crippen molar-refractivity contribution in [3.05, 3.63) is 90.0 Å². The van der Waals surface area contributed by atoms with E-state index in [1.807, 2.05) is 0 Å². The Kier molecular flexibility index (Phi) is 7.67. The molecule has 11 heteroatoms. The van der Waals surface area contributed by atoms with Crippen molar-refractivity contribution in [2.75, 3.05) is 28.6 Å². The number of nitrogens with one attached hydrogen (secondary N) is 3. The number of amides is 4. The summed E-state index contributed by atoms with van der Waals surface area (Å²) in [5.41, 5.74) is -1.36. The van der Waals surface area contributed by atoms with Crippen molar-refractivity contribution in [2.45, 2.75) is 6.18 Å². The monoisotopic (exact) mass is 478 g/mol. The normalized spacial score (nSPS) is 11.0. The molecule has 0 aliphatic rings. The van der Waals surface area contributed by atoms with Gasteiger partial charge in [-0.1, -0.05) is 30.3 Å². The van der Waals surface area contributed by atoms with Gasteiger partial charge in [0, 0.05) is 18.8 Å². The molecule has 0 unspecified atom stereocenters. The lowest BCUT2D eigenvalue weighted by Crippen LogP contribution is -2.42. The number of anilines is 3. The van der Waals surface area contributed by atoms with Gasteiger partial charge in [0.05, 0.1) is 16.9 Å². The molecule has 0 heterocycles. The van der Waals surface area contributed by atoms with Crippen LogP contribution in [0.25, 0.3) is 0 Å². The molecule has 0 fully saturated rings. The van der Waals surface area contributed by atoms with Gasteiger partial charge in [-0.3, -0.25) is 4.90 Å². The van der Waals surface area contributed by atoms with Crippen LogP contribution in [-0.4, -0.2) is 25.2 Å². The van der Waals surface area contributed by atoms with Gasteiger partial charge in [-0.2, -0.15) is 13.2 Å². The van der Waals surface area contributed by atoms with E-state index in [1.165, 1.54) is 42.5 Å². The van der Waals surface area contributed by atoms with Crippen molar-refractivity contribution in [1.82, 2.24) is 5.32 Å². The van der Waals surface area contributed by atoms with Crippen molar-refractivity contribution in [3.8, 4) is 0 Å². The molecule has 3 aromatic rings. The molecule has 0 aliphatic heterocycles. The lowest BCUT2D eigenvalue weighted by atomic mass is 10.2. The van der Waals surface area contributed by atoms with Crippen LogP contribution in [0.15, 0.2) is 72.8 Å². The first-order valence-electron chi connectivity index (χ1n) is 9.95. The number of carbonyl (C=O) groups is 2. The quantitative estimate of drug-likeness (QED) is 0.389. The Labute approximate surface area is 191 Å². The smallest absolute Gasteiger partial charge is 0.336 e. The fourth-order valence-corrected chi connectivity index (χ4v) is 2.95. The van der Waals surface area contributed by atoms with Gasteiger partial charge >= 0.3 is 18.2 Å². The van der Waals surface area contributed by atoms with Gasteiger partial charge in [-0.25, -0.2) is 18.4 Å². The summed E-state index contributed by atoms with van der Waals surface area (Å²) in [5.74, 6) is -1.39. The Hall–Kier alpha value is -4.15. The molecular formula is C23H19F5N4O2. The molecule has 0 saturated heterocycles. The number of benzene rings is 3. The largest absolute Gasteiger partial charge is 0.416 e. The average molecular weight is 478 g/mol. The molecule has 4 amide bonds. The number of hydrogen-bond acceptors (Lipinski definition) is 2. The molecule has 0 spiro atoms. The summed E-state index contributed by atoms with van der Waals surface area (Å²) in [5, 5.41) is 6.99. The second kappa shape index (κ2) is 10.6. The van der Waals surface area contributed by atoms with E-state index in [4.69, 9.17) is 0 Å². The number of nitrogens with zero attached hydrogens (tertiary/aromatic N) is 1. The van der Waals surface area contributed by atoms with Crippen LogP contribution < -0.4 is 20.9 Å². The van der Waals surface area contributed by atoms with Crippen LogP contribution in [0.5, 0.6) is 0 Å². The fourth-order valence-electron chi connectivity index (χ4n) is 2.95. The summed E-state index contributed by atoms with van der Waals surface area (Å²) in [6.07, 6.45) is -4.65. The van der Waals surface area contributed by atoms with Crippen molar-refractivity contribution in [1.29, 1.82) is 0 Å². The van der Waals surface area contributed by atoms with Gasteiger partial charge in [-0.05, 0) is 42.5 Å². The van der Waals surface area contributed by atoms with Crippen molar-refractivity contribution in [2.24, 2.45) is 0 Å². The predicted octanol–water partition coefficient (Wildman–Crippen LogP) is 5.84. The Morgan fingerprint density at radius 2 is 1.38 bits per heavy atom. The predicted molar refractivity (Wildman–Crippen MR) is 118 cm³/mol. The first-order valence-corrected chi connectivity index (χ1v) is 9.95. The Morgan fingerprint density at radius 3 is 1.97 bits per heavy atom. The molecule has 3 aromatic carbocycles. The highest BCUT2D eigenvalue weighted by Gasteiger charge is 2.31. The Morgan fingerprint density at radius 1 is 0.794 bits per heavy atom. The van der Waals surface area contributed by atoms with Crippen molar-refractivity contribution in [3.63, 3.8) is 0 Å². The zero-order valence-corrected chi connectivity index (χ0v) is 17.5. The summed E-state index contributed by atoms with van der Waals surface area (Å²) in [7, 11) is 0. The number of rotatable bonds is 6. The molecule has 178 valence electrons. The highest BCUT2D eigenvalue weighted by molar-refractivity contribution is 6.02. The fraction of sp³-hybridized carbons (Fsp3) is 0.130. The van der Waals surface area contributed by atoms with Gasteiger partial charge in [0.15, 0.2) is 0 Å². The minimum absolute atomic E-state index is 0.0768. The summed E-state index contributed by atoms with van der Waals surface area (Å²) >= 11 is 0. The van der Waals surface area contributed by atoms with E-state index in [0.717, 1.165) is 35.2 Å². The molecule has 0 aliphatic carbocycles. The summed E-state index contributed by atoms with van der Waals surface area (Å²) in [4.78, 5) is 25.8. The van der Waals surface area contributed by atoms with E-state index in [2.05, 4.69) is 16.0 Å². The van der Waals surface area contributed by atoms with E-state index in [-0.39, 0.29) is 30.2 Å². The van der Waals surface area contributed by atoms with Gasteiger partial charge in [0.2, 0.25) is 0 Å². The number of carbonyl (C=O) groups excluding carboxylic acids is 2. The molecular weight excluding hydrogens is 459 g/mol. The minimum Gasteiger partial charge on any atom is -0.336 e. The molecule has 0 radical (unpaired) electrons. The maximum atomic E-state index is 14.0. The van der Waals surface area contributed by atoms with E-state index in [9.17, 15) is 31.5 Å². The van der Waals surface area contributed by atoms with Crippen LogP contribution in [0.1, 0.15) is 5.56 Å². The van der Waals surface area contributed by atoms with E-state index >= 15 is 0 Å². The highest BCUT2D eigenvalue weighted by atomic mass is 19.4. The summed E-state index contributed by atoms with van der Waals surface area (Å²) < 4.78 is 67.1. The van der Waals surface area contributed by atoms with Crippen LogP contribution in [0.4, 0.5) is 48.6 Å². The van der Waals surface area contributed by atoms with Gasteiger partial charge in [0.1, 0.15) is 11.6 Å². The van der Waals surface area contributed by atoms with E-state index in [1.54, 1.807) is 0 Å². The number of para-hydroxylation sites is 2. The molecule has 3 rings (SSSR count). The third-order valence-corrected chi connectivity index (χ3v) is 4.59. The summed E-state index contributed by atoms with van der Waals surface area (Å²) in [6.45, 7) is -0.479. The zero-order chi connectivity index (χ0) is 24.7. The number of alkyl halides is 3. The molecule has 6 nitrogen and oxygen atoms in total. The van der Waals surface area contributed by atoms with Gasteiger partial charge in [-0.15, -0.1) is 0 Å². The maximum Gasteiger partial charge on any atom is 0.416 e. The van der Waals surface area contributed by atoms with Crippen molar-refractivity contribution < 1.29 is 31.5 Å².